The fourth-order valence-electron chi connectivity index (χ4n) is 3.27. The van der Waals surface area contributed by atoms with Crippen molar-refractivity contribution in [2.75, 3.05) is 13.1 Å². The molecule has 1 fully saturated rings. The molecule has 1 heterocycles. The van der Waals surface area contributed by atoms with Crippen molar-refractivity contribution < 1.29 is 33.0 Å². The number of halogens is 3. The van der Waals surface area contributed by atoms with E-state index >= 15 is 0 Å². The highest BCUT2D eigenvalue weighted by molar-refractivity contribution is 5.95. The largest absolute Gasteiger partial charge is 0.481 e. The lowest BCUT2D eigenvalue weighted by molar-refractivity contribution is -0.162. The molecule has 1 aliphatic rings. The summed E-state index contributed by atoms with van der Waals surface area (Å²) < 4.78 is 38.5. The summed E-state index contributed by atoms with van der Waals surface area (Å²) in [5, 5.41) is 19.7. The average molecular weight is 359 g/mol. The van der Waals surface area contributed by atoms with Crippen molar-refractivity contribution in [3.63, 3.8) is 0 Å². The number of carboxylic acids is 1. The Balaban J connectivity index is 2.29. The molecule has 2 rings (SSSR count). The Bertz CT molecular complexity index is 662. The molecule has 0 aromatic heterocycles. The van der Waals surface area contributed by atoms with Crippen molar-refractivity contribution in [2.45, 2.75) is 38.5 Å². The minimum absolute atomic E-state index is 0.0665. The van der Waals surface area contributed by atoms with Crippen molar-refractivity contribution in [1.82, 2.24) is 4.90 Å². The minimum Gasteiger partial charge on any atom is -0.481 e. The van der Waals surface area contributed by atoms with E-state index in [1.165, 1.54) is 11.0 Å². The smallest absolute Gasteiger partial charge is 0.416 e. The van der Waals surface area contributed by atoms with Crippen LogP contribution in [0, 0.1) is 5.41 Å². The van der Waals surface area contributed by atoms with Crippen LogP contribution >= 0.6 is 0 Å². The first-order chi connectivity index (χ1) is 11.6. The standard InChI is InChI=1S/C17H20F3NO4/c1-2-7-16(15(24)25)10-21(8-6-13(16)22)14(23)11-4-3-5-12(9-11)17(18,19)20/h3-5,9,13,22H,2,6-8,10H2,1H3,(H,24,25)/t13-,16+/m0/s1. The molecule has 0 spiro atoms. The number of aliphatic hydroxyl groups excluding tert-OH is 1. The van der Waals surface area contributed by atoms with Crippen molar-refractivity contribution in [1.29, 1.82) is 0 Å². The van der Waals surface area contributed by atoms with Gasteiger partial charge in [-0.3, -0.25) is 9.59 Å². The number of nitrogens with zero attached hydrogens (tertiary/aromatic N) is 1. The summed E-state index contributed by atoms with van der Waals surface area (Å²) >= 11 is 0. The molecule has 0 saturated carbocycles. The normalized spacial score (nSPS) is 24.2. The van der Waals surface area contributed by atoms with Crippen LogP contribution in [0.4, 0.5) is 13.2 Å². The Labute approximate surface area is 143 Å². The van der Waals surface area contributed by atoms with Gasteiger partial charge in [-0.1, -0.05) is 19.4 Å². The first-order valence-corrected chi connectivity index (χ1v) is 8.00. The molecule has 2 N–H and O–H groups in total. The van der Waals surface area contributed by atoms with Crippen LogP contribution in [-0.2, 0) is 11.0 Å². The van der Waals surface area contributed by atoms with E-state index in [1.807, 2.05) is 0 Å². The molecule has 1 saturated heterocycles. The molecule has 1 aromatic rings. The van der Waals surface area contributed by atoms with E-state index in [9.17, 15) is 33.0 Å². The number of alkyl halides is 3. The first-order valence-electron chi connectivity index (χ1n) is 8.00. The number of rotatable bonds is 4. The first kappa shape index (κ1) is 19.2. The lowest BCUT2D eigenvalue weighted by Gasteiger charge is -2.43. The van der Waals surface area contributed by atoms with Crippen LogP contribution in [0.1, 0.15) is 42.1 Å². The average Bonchev–Trinajstić information content (AvgIpc) is 2.55. The topological polar surface area (TPSA) is 77.8 Å². The molecule has 2 atom stereocenters. The number of piperidine rings is 1. The third-order valence-corrected chi connectivity index (χ3v) is 4.63. The number of aliphatic hydroxyl groups is 1. The van der Waals surface area contributed by atoms with Crippen LogP contribution in [-0.4, -0.2) is 46.2 Å². The zero-order valence-electron chi connectivity index (χ0n) is 13.7. The van der Waals surface area contributed by atoms with Crippen LogP contribution in [0.2, 0.25) is 0 Å². The molecule has 8 heteroatoms. The number of aliphatic carboxylic acids is 1. The maximum absolute atomic E-state index is 12.8. The van der Waals surface area contributed by atoms with Crippen LogP contribution < -0.4 is 0 Å². The summed E-state index contributed by atoms with van der Waals surface area (Å²) in [5.74, 6) is -1.87. The fourth-order valence-corrected chi connectivity index (χ4v) is 3.27. The summed E-state index contributed by atoms with van der Waals surface area (Å²) in [6.45, 7) is 1.63. The van der Waals surface area contributed by atoms with Gasteiger partial charge in [-0.25, -0.2) is 0 Å². The summed E-state index contributed by atoms with van der Waals surface area (Å²) in [5.41, 5.74) is -2.58. The maximum Gasteiger partial charge on any atom is 0.416 e. The molecule has 1 aliphatic heterocycles. The van der Waals surface area contributed by atoms with Gasteiger partial charge >= 0.3 is 12.1 Å². The zero-order chi connectivity index (χ0) is 18.8. The van der Waals surface area contributed by atoms with Crippen molar-refractivity contribution in [3.05, 3.63) is 35.4 Å². The van der Waals surface area contributed by atoms with Crippen LogP contribution in [0.5, 0.6) is 0 Å². The number of hydrogen-bond donors (Lipinski definition) is 2. The predicted molar refractivity (Wildman–Crippen MR) is 82.9 cm³/mol. The molecule has 5 nitrogen and oxygen atoms in total. The highest BCUT2D eigenvalue weighted by Crippen LogP contribution is 2.36. The highest BCUT2D eigenvalue weighted by atomic mass is 19.4. The van der Waals surface area contributed by atoms with Gasteiger partial charge in [0, 0.05) is 18.7 Å². The Hall–Kier alpha value is -2.09. The van der Waals surface area contributed by atoms with E-state index < -0.39 is 35.1 Å². The van der Waals surface area contributed by atoms with E-state index in [-0.39, 0.29) is 31.5 Å². The van der Waals surface area contributed by atoms with Gasteiger partial charge in [-0.15, -0.1) is 0 Å². The third-order valence-electron chi connectivity index (χ3n) is 4.63. The van der Waals surface area contributed by atoms with Gasteiger partial charge in [0.25, 0.3) is 5.91 Å². The van der Waals surface area contributed by atoms with Crippen molar-refractivity contribution >= 4 is 11.9 Å². The second-order valence-electron chi connectivity index (χ2n) is 6.32. The number of carbonyl (C=O) groups excluding carboxylic acids is 1. The second kappa shape index (κ2) is 7.03. The molecule has 0 unspecified atom stereocenters. The fraction of sp³-hybridized carbons (Fsp3) is 0.529. The number of hydrogen-bond acceptors (Lipinski definition) is 3. The summed E-state index contributed by atoms with van der Waals surface area (Å²) in [7, 11) is 0. The SMILES string of the molecule is CCC[C@@]1(C(=O)O)CN(C(=O)c2cccc(C(F)(F)F)c2)CC[C@@H]1O. The Morgan fingerprint density at radius 2 is 2.04 bits per heavy atom. The highest BCUT2D eigenvalue weighted by Gasteiger charge is 2.49. The molecule has 1 aromatic carbocycles. The van der Waals surface area contributed by atoms with E-state index in [2.05, 4.69) is 0 Å². The monoisotopic (exact) mass is 359 g/mol. The number of likely N-dealkylation sites (tertiary alicyclic amines) is 1. The lowest BCUT2D eigenvalue weighted by Crippen LogP contribution is -2.57. The molecule has 0 radical (unpaired) electrons. The summed E-state index contributed by atoms with van der Waals surface area (Å²) in [6, 6.07) is 4.04. The molecule has 0 bridgehead atoms. The van der Waals surface area contributed by atoms with E-state index in [1.54, 1.807) is 6.92 Å². The second-order valence-corrected chi connectivity index (χ2v) is 6.32. The molecule has 1 amide bonds. The quantitative estimate of drug-likeness (QED) is 0.867. The van der Waals surface area contributed by atoms with Gasteiger partial charge in [0.1, 0.15) is 5.41 Å². The maximum atomic E-state index is 12.8. The molecule has 138 valence electrons. The van der Waals surface area contributed by atoms with Gasteiger partial charge in [0.2, 0.25) is 0 Å². The van der Waals surface area contributed by atoms with E-state index in [0.717, 1.165) is 18.2 Å². The number of amides is 1. The number of carboxylic acid groups (broad SMARTS) is 1. The van der Waals surface area contributed by atoms with Gasteiger partial charge in [0.05, 0.1) is 11.7 Å². The zero-order valence-corrected chi connectivity index (χ0v) is 13.7. The number of benzene rings is 1. The van der Waals surface area contributed by atoms with Crippen LogP contribution in [0.25, 0.3) is 0 Å². The minimum atomic E-state index is -4.57. The third kappa shape index (κ3) is 3.78. The molecular formula is C17H20F3NO4. The predicted octanol–water partition coefficient (Wildman–Crippen LogP) is 2.78. The van der Waals surface area contributed by atoms with Crippen molar-refractivity contribution in [2.24, 2.45) is 5.41 Å². The Morgan fingerprint density at radius 3 is 2.60 bits per heavy atom. The molecule has 0 aliphatic carbocycles. The Kier molecular flexibility index (Phi) is 5.41. The summed E-state index contributed by atoms with van der Waals surface area (Å²) in [6.07, 6.45) is -4.93. The van der Waals surface area contributed by atoms with Gasteiger partial charge in [0.15, 0.2) is 0 Å². The van der Waals surface area contributed by atoms with Gasteiger partial charge in [-0.05, 0) is 31.0 Å². The Morgan fingerprint density at radius 1 is 1.36 bits per heavy atom. The number of carbonyl (C=O) groups is 2. The van der Waals surface area contributed by atoms with Crippen LogP contribution in [0.15, 0.2) is 24.3 Å². The molecular weight excluding hydrogens is 339 g/mol. The van der Waals surface area contributed by atoms with E-state index in [4.69, 9.17) is 0 Å². The van der Waals surface area contributed by atoms with Gasteiger partial charge in [-0.2, -0.15) is 13.2 Å². The van der Waals surface area contributed by atoms with Gasteiger partial charge < -0.3 is 15.1 Å². The van der Waals surface area contributed by atoms with Crippen LogP contribution in [0.3, 0.4) is 0 Å². The van der Waals surface area contributed by atoms with E-state index in [0.29, 0.717) is 6.42 Å². The summed E-state index contributed by atoms with van der Waals surface area (Å²) in [4.78, 5) is 25.5. The lowest BCUT2D eigenvalue weighted by atomic mass is 9.74. The van der Waals surface area contributed by atoms with Crippen molar-refractivity contribution in [3.8, 4) is 0 Å². The molecule has 25 heavy (non-hydrogen) atoms.